The van der Waals surface area contributed by atoms with E-state index in [4.69, 9.17) is 0 Å². The van der Waals surface area contributed by atoms with Crippen LogP contribution in [-0.4, -0.2) is 17.5 Å². The average molecular weight is 308 g/mol. The second-order valence-electron chi connectivity index (χ2n) is 6.44. The quantitative estimate of drug-likeness (QED) is 0.833. The molecule has 3 rings (SSSR count). The van der Waals surface area contributed by atoms with Gasteiger partial charge in [0.1, 0.15) is 0 Å². The van der Waals surface area contributed by atoms with Crippen molar-refractivity contribution in [2.24, 2.45) is 0 Å². The molecule has 3 nitrogen and oxygen atoms in total. The Labute approximate surface area is 138 Å². The van der Waals surface area contributed by atoms with E-state index in [-0.39, 0.29) is 12.1 Å². The Kier molecular flexibility index (Phi) is 4.37. The largest absolute Gasteiger partial charge is 0.322 e. The summed E-state index contributed by atoms with van der Waals surface area (Å²) in [6, 6.07) is 14.7. The predicted molar refractivity (Wildman–Crippen MR) is 94.8 cm³/mol. The van der Waals surface area contributed by atoms with Gasteiger partial charge in [0.2, 0.25) is 0 Å². The highest BCUT2D eigenvalue weighted by Crippen LogP contribution is 2.33. The SMILES string of the molecule is Cc1cccc([C@H]2CCCN2C(=O)Nc2cccc(C)c2C)c1. The molecule has 120 valence electrons. The fourth-order valence-electron chi connectivity index (χ4n) is 3.31. The van der Waals surface area contributed by atoms with Gasteiger partial charge in [0.25, 0.3) is 0 Å². The predicted octanol–water partition coefficient (Wildman–Crippen LogP) is 4.98. The van der Waals surface area contributed by atoms with Gasteiger partial charge in [-0.25, -0.2) is 4.79 Å². The molecule has 2 aromatic rings. The minimum atomic E-state index is 0.00251. The van der Waals surface area contributed by atoms with E-state index in [1.165, 1.54) is 16.7 Å². The molecule has 0 aromatic heterocycles. The standard InChI is InChI=1S/C20H24N2O/c1-14-7-4-9-17(13-14)19-11-6-12-22(19)20(23)21-18-10-5-8-15(2)16(18)3/h4-5,7-10,13,19H,6,11-12H2,1-3H3,(H,21,23)/t19-/m1/s1. The van der Waals surface area contributed by atoms with Crippen molar-refractivity contribution < 1.29 is 4.79 Å². The lowest BCUT2D eigenvalue weighted by Gasteiger charge is -2.26. The molecule has 23 heavy (non-hydrogen) atoms. The Morgan fingerprint density at radius 3 is 2.70 bits per heavy atom. The monoisotopic (exact) mass is 308 g/mol. The van der Waals surface area contributed by atoms with E-state index in [1.54, 1.807) is 0 Å². The third kappa shape index (κ3) is 3.24. The minimum Gasteiger partial charge on any atom is -0.317 e. The first-order chi connectivity index (χ1) is 11.1. The van der Waals surface area contributed by atoms with Gasteiger partial charge in [0.15, 0.2) is 0 Å². The summed E-state index contributed by atoms with van der Waals surface area (Å²) in [6.07, 6.45) is 2.09. The van der Waals surface area contributed by atoms with E-state index in [0.717, 1.165) is 30.6 Å². The highest BCUT2D eigenvalue weighted by molar-refractivity contribution is 5.90. The van der Waals surface area contributed by atoms with Crippen LogP contribution in [0.5, 0.6) is 0 Å². The van der Waals surface area contributed by atoms with E-state index in [2.05, 4.69) is 49.5 Å². The van der Waals surface area contributed by atoms with Crippen molar-refractivity contribution in [2.45, 2.75) is 39.7 Å². The summed E-state index contributed by atoms with van der Waals surface area (Å²) >= 11 is 0. The van der Waals surface area contributed by atoms with Crippen LogP contribution in [0.15, 0.2) is 42.5 Å². The molecule has 1 N–H and O–H groups in total. The summed E-state index contributed by atoms with van der Waals surface area (Å²) < 4.78 is 0. The van der Waals surface area contributed by atoms with Gasteiger partial charge >= 0.3 is 6.03 Å². The van der Waals surface area contributed by atoms with Crippen LogP contribution in [0.25, 0.3) is 0 Å². The highest BCUT2D eigenvalue weighted by Gasteiger charge is 2.30. The first-order valence-corrected chi connectivity index (χ1v) is 8.26. The smallest absolute Gasteiger partial charge is 0.317 e. The van der Waals surface area contributed by atoms with Gasteiger partial charge in [0.05, 0.1) is 6.04 Å². The van der Waals surface area contributed by atoms with Crippen molar-refractivity contribution in [2.75, 3.05) is 11.9 Å². The molecule has 2 amide bonds. The van der Waals surface area contributed by atoms with Crippen LogP contribution in [0.1, 0.15) is 41.1 Å². The summed E-state index contributed by atoms with van der Waals surface area (Å²) in [4.78, 5) is 14.7. The molecule has 1 saturated heterocycles. The molecule has 0 radical (unpaired) electrons. The van der Waals surface area contributed by atoms with E-state index >= 15 is 0 Å². The molecule has 3 heteroatoms. The van der Waals surface area contributed by atoms with Crippen LogP contribution in [0.2, 0.25) is 0 Å². The molecular formula is C20H24N2O. The van der Waals surface area contributed by atoms with Gasteiger partial charge in [-0.2, -0.15) is 0 Å². The van der Waals surface area contributed by atoms with Crippen LogP contribution in [0.4, 0.5) is 10.5 Å². The van der Waals surface area contributed by atoms with Crippen molar-refractivity contribution in [3.05, 3.63) is 64.7 Å². The zero-order valence-corrected chi connectivity index (χ0v) is 14.1. The van der Waals surface area contributed by atoms with Crippen LogP contribution in [-0.2, 0) is 0 Å². The molecule has 2 aromatic carbocycles. The van der Waals surface area contributed by atoms with Crippen molar-refractivity contribution in [3.63, 3.8) is 0 Å². The number of likely N-dealkylation sites (tertiary alicyclic amines) is 1. The number of nitrogens with zero attached hydrogens (tertiary/aromatic N) is 1. The Balaban J connectivity index is 1.80. The second-order valence-corrected chi connectivity index (χ2v) is 6.44. The lowest BCUT2D eigenvalue weighted by atomic mass is 10.0. The Bertz CT molecular complexity index is 723. The van der Waals surface area contributed by atoms with Gasteiger partial charge < -0.3 is 10.2 Å². The first-order valence-electron chi connectivity index (χ1n) is 8.26. The van der Waals surface area contributed by atoms with E-state index in [0.29, 0.717) is 0 Å². The molecule has 0 aliphatic carbocycles. The summed E-state index contributed by atoms with van der Waals surface area (Å²) in [5.41, 5.74) is 5.71. The van der Waals surface area contributed by atoms with Crippen LogP contribution < -0.4 is 5.32 Å². The molecule has 0 spiro atoms. The molecule has 0 saturated carbocycles. The third-order valence-electron chi connectivity index (χ3n) is 4.79. The summed E-state index contributed by atoms with van der Waals surface area (Å²) in [7, 11) is 0. The molecule has 1 aliphatic rings. The summed E-state index contributed by atoms with van der Waals surface area (Å²) in [6.45, 7) is 7.03. The topological polar surface area (TPSA) is 32.3 Å². The zero-order chi connectivity index (χ0) is 16.4. The van der Waals surface area contributed by atoms with Crippen molar-refractivity contribution >= 4 is 11.7 Å². The number of hydrogen-bond donors (Lipinski definition) is 1. The molecule has 0 unspecified atom stereocenters. The number of carbonyl (C=O) groups is 1. The Morgan fingerprint density at radius 2 is 1.91 bits per heavy atom. The third-order valence-corrected chi connectivity index (χ3v) is 4.79. The Hall–Kier alpha value is -2.29. The van der Waals surface area contributed by atoms with E-state index < -0.39 is 0 Å². The average Bonchev–Trinajstić information content (AvgIpc) is 3.01. The van der Waals surface area contributed by atoms with Gasteiger partial charge in [-0.1, -0.05) is 42.0 Å². The van der Waals surface area contributed by atoms with Crippen LogP contribution >= 0.6 is 0 Å². The molecule has 1 aliphatic heterocycles. The molecular weight excluding hydrogens is 284 g/mol. The number of amides is 2. The van der Waals surface area contributed by atoms with Crippen molar-refractivity contribution in [1.82, 2.24) is 4.90 Å². The van der Waals surface area contributed by atoms with Gasteiger partial charge in [-0.15, -0.1) is 0 Å². The normalized spacial score (nSPS) is 17.3. The highest BCUT2D eigenvalue weighted by atomic mass is 16.2. The summed E-state index contributed by atoms with van der Waals surface area (Å²) in [5.74, 6) is 0. The van der Waals surface area contributed by atoms with Gasteiger partial charge in [-0.05, 0) is 56.4 Å². The van der Waals surface area contributed by atoms with Gasteiger partial charge in [-0.3, -0.25) is 0 Å². The number of nitrogens with one attached hydrogen (secondary N) is 1. The molecule has 1 heterocycles. The second kappa shape index (κ2) is 6.45. The lowest BCUT2D eigenvalue weighted by Crippen LogP contribution is -2.34. The number of urea groups is 1. The fraction of sp³-hybridized carbons (Fsp3) is 0.350. The van der Waals surface area contributed by atoms with Crippen molar-refractivity contribution in [1.29, 1.82) is 0 Å². The van der Waals surface area contributed by atoms with Crippen LogP contribution in [0.3, 0.4) is 0 Å². The fourth-order valence-corrected chi connectivity index (χ4v) is 3.31. The number of rotatable bonds is 2. The number of hydrogen-bond acceptors (Lipinski definition) is 1. The van der Waals surface area contributed by atoms with Gasteiger partial charge in [0, 0.05) is 12.2 Å². The number of benzene rings is 2. The zero-order valence-electron chi connectivity index (χ0n) is 14.1. The van der Waals surface area contributed by atoms with Crippen molar-refractivity contribution in [3.8, 4) is 0 Å². The summed E-state index contributed by atoms with van der Waals surface area (Å²) in [5, 5.41) is 3.09. The molecule has 1 atom stereocenters. The maximum absolute atomic E-state index is 12.8. The lowest BCUT2D eigenvalue weighted by molar-refractivity contribution is 0.207. The van der Waals surface area contributed by atoms with Crippen LogP contribution in [0, 0.1) is 20.8 Å². The number of aryl methyl sites for hydroxylation is 2. The first kappa shape index (κ1) is 15.6. The number of carbonyl (C=O) groups excluding carboxylic acids is 1. The van der Waals surface area contributed by atoms with E-state index in [9.17, 15) is 4.79 Å². The molecule has 1 fully saturated rings. The Morgan fingerprint density at radius 1 is 1.13 bits per heavy atom. The number of anilines is 1. The van der Waals surface area contributed by atoms with E-state index in [1.807, 2.05) is 24.0 Å². The maximum atomic E-state index is 12.8. The molecule has 0 bridgehead atoms. The minimum absolute atomic E-state index is 0.00251. The maximum Gasteiger partial charge on any atom is 0.322 e.